The summed E-state index contributed by atoms with van der Waals surface area (Å²) in [6.07, 6.45) is 4.49. The number of hydrogen-bond acceptors (Lipinski definition) is 1. The molecule has 0 aromatic heterocycles. The van der Waals surface area contributed by atoms with Gasteiger partial charge in [-0.2, -0.15) is 0 Å². The molecule has 0 N–H and O–H groups in total. The molecular formula is C13H23NO. The van der Waals surface area contributed by atoms with Crippen molar-refractivity contribution in [1.82, 2.24) is 4.90 Å². The van der Waals surface area contributed by atoms with E-state index in [-0.39, 0.29) is 0 Å². The third-order valence-corrected chi connectivity index (χ3v) is 3.90. The Kier molecular flexibility index (Phi) is 2.78. The molecule has 0 unspecified atom stereocenters. The molecule has 2 rings (SSSR count). The van der Waals surface area contributed by atoms with Crippen molar-refractivity contribution in [1.29, 1.82) is 0 Å². The molecule has 15 heavy (non-hydrogen) atoms. The van der Waals surface area contributed by atoms with E-state index in [0.29, 0.717) is 17.2 Å². The zero-order chi connectivity index (χ0) is 11.1. The molecule has 86 valence electrons. The highest BCUT2D eigenvalue weighted by atomic mass is 16.2. The summed E-state index contributed by atoms with van der Waals surface area (Å²) in [5.74, 6) is 1.93. The minimum absolute atomic E-state index is 0.383. The topological polar surface area (TPSA) is 20.3 Å². The van der Waals surface area contributed by atoms with Crippen LogP contribution in [0.3, 0.4) is 0 Å². The van der Waals surface area contributed by atoms with Gasteiger partial charge in [-0.05, 0) is 31.1 Å². The average Bonchev–Trinajstić information content (AvgIpc) is 2.04. The second kappa shape index (κ2) is 3.80. The van der Waals surface area contributed by atoms with Gasteiger partial charge in [0.15, 0.2) is 0 Å². The first-order valence-electron chi connectivity index (χ1n) is 6.28. The molecule has 0 radical (unpaired) electrons. The van der Waals surface area contributed by atoms with Crippen LogP contribution in [0, 0.1) is 17.3 Å². The fraction of sp³-hybridized carbons (Fsp3) is 0.923. The van der Waals surface area contributed by atoms with Crippen molar-refractivity contribution in [3.63, 3.8) is 0 Å². The second-order valence-electron chi connectivity index (χ2n) is 6.20. The minimum atomic E-state index is 0.383. The summed E-state index contributed by atoms with van der Waals surface area (Å²) in [6.45, 7) is 8.77. The van der Waals surface area contributed by atoms with E-state index >= 15 is 0 Å². The maximum absolute atomic E-state index is 11.8. The summed E-state index contributed by atoms with van der Waals surface area (Å²) >= 11 is 0. The molecule has 2 heteroatoms. The summed E-state index contributed by atoms with van der Waals surface area (Å²) in [7, 11) is 0. The van der Waals surface area contributed by atoms with Crippen LogP contribution < -0.4 is 0 Å². The van der Waals surface area contributed by atoms with Crippen molar-refractivity contribution in [3.8, 4) is 0 Å². The molecule has 1 amide bonds. The molecule has 0 bridgehead atoms. The molecule has 2 fully saturated rings. The van der Waals surface area contributed by atoms with Crippen LogP contribution in [-0.2, 0) is 4.79 Å². The first kappa shape index (κ1) is 11.0. The van der Waals surface area contributed by atoms with Gasteiger partial charge in [0.1, 0.15) is 0 Å². The maximum Gasteiger partial charge on any atom is 0.222 e. The molecule has 1 aliphatic carbocycles. The number of amides is 1. The van der Waals surface area contributed by atoms with Crippen LogP contribution in [0.2, 0.25) is 0 Å². The van der Waals surface area contributed by atoms with Gasteiger partial charge in [-0.25, -0.2) is 0 Å². The summed E-state index contributed by atoms with van der Waals surface area (Å²) in [6, 6.07) is 0. The van der Waals surface area contributed by atoms with Gasteiger partial charge in [0.2, 0.25) is 5.91 Å². The lowest BCUT2D eigenvalue weighted by Crippen LogP contribution is -2.63. The maximum atomic E-state index is 11.8. The molecule has 0 atom stereocenters. The average molecular weight is 209 g/mol. The van der Waals surface area contributed by atoms with E-state index in [1.807, 2.05) is 0 Å². The van der Waals surface area contributed by atoms with Crippen molar-refractivity contribution in [2.45, 2.75) is 46.5 Å². The van der Waals surface area contributed by atoms with Crippen LogP contribution in [0.15, 0.2) is 0 Å². The molecule has 2 aliphatic rings. The quantitative estimate of drug-likeness (QED) is 0.700. The van der Waals surface area contributed by atoms with Crippen LogP contribution >= 0.6 is 0 Å². The van der Waals surface area contributed by atoms with Gasteiger partial charge >= 0.3 is 0 Å². The van der Waals surface area contributed by atoms with Gasteiger partial charge < -0.3 is 4.90 Å². The Hall–Kier alpha value is -0.530. The Labute approximate surface area is 93.0 Å². The zero-order valence-electron chi connectivity index (χ0n) is 10.3. The molecule has 1 spiro atoms. The van der Waals surface area contributed by atoms with E-state index in [0.717, 1.165) is 31.8 Å². The number of likely N-dealkylation sites (tertiary alicyclic amines) is 1. The predicted molar refractivity (Wildman–Crippen MR) is 61.5 cm³/mol. The third kappa shape index (κ3) is 2.19. The van der Waals surface area contributed by atoms with Gasteiger partial charge in [-0.1, -0.05) is 20.8 Å². The lowest BCUT2D eigenvalue weighted by atomic mass is 9.58. The second-order valence-corrected chi connectivity index (χ2v) is 6.20. The zero-order valence-corrected chi connectivity index (χ0v) is 10.3. The predicted octanol–water partition coefficient (Wildman–Crippen LogP) is 2.68. The van der Waals surface area contributed by atoms with Crippen LogP contribution in [0.5, 0.6) is 0 Å². The van der Waals surface area contributed by atoms with Gasteiger partial charge in [-0.3, -0.25) is 4.79 Å². The molecular weight excluding hydrogens is 186 g/mol. The Bertz CT molecular complexity index is 245. The van der Waals surface area contributed by atoms with E-state index in [4.69, 9.17) is 0 Å². The Balaban J connectivity index is 1.68. The largest absolute Gasteiger partial charge is 0.341 e. The molecule has 1 aliphatic heterocycles. The van der Waals surface area contributed by atoms with Crippen molar-refractivity contribution in [3.05, 3.63) is 0 Å². The normalized spacial score (nSPS) is 24.1. The number of rotatable bonds is 3. The summed E-state index contributed by atoms with van der Waals surface area (Å²) in [5.41, 5.74) is 0.562. The summed E-state index contributed by atoms with van der Waals surface area (Å²) < 4.78 is 0. The molecule has 1 saturated heterocycles. The van der Waals surface area contributed by atoms with E-state index < -0.39 is 0 Å². The Morgan fingerprint density at radius 3 is 2.47 bits per heavy atom. The fourth-order valence-corrected chi connectivity index (χ4v) is 3.19. The fourth-order valence-electron chi connectivity index (χ4n) is 3.19. The molecule has 0 aromatic rings. The molecule has 0 aromatic carbocycles. The highest BCUT2D eigenvalue weighted by molar-refractivity contribution is 5.77. The Morgan fingerprint density at radius 2 is 2.00 bits per heavy atom. The van der Waals surface area contributed by atoms with E-state index in [1.54, 1.807) is 0 Å². The van der Waals surface area contributed by atoms with E-state index in [9.17, 15) is 4.79 Å². The van der Waals surface area contributed by atoms with Gasteiger partial charge in [0.25, 0.3) is 0 Å². The highest BCUT2D eigenvalue weighted by Gasteiger charge is 2.51. The molecule has 1 heterocycles. The minimum Gasteiger partial charge on any atom is -0.341 e. The number of nitrogens with zero attached hydrogens (tertiary/aromatic N) is 1. The van der Waals surface area contributed by atoms with E-state index in [1.165, 1.54) is 12.8 Å². The lowest BCUT2D eigenvalue weighted by molar-refractivity contribution is -0.154. The van der Waals surface area contributed by atoms with Crippen molar-refractivity contribution in [2.75, 3.05) is 13.1 Å². The monoisotopic (exact) mass is 209 g/mol. The van der Waals surface area contributed by atoms with Crippen LogP contribution in [0.1, 0.15) is 46.5 Å². The van der Waals surface area contributed by atoms with Crippen LogP contribution in [-0.4, -0.2) is 23.9 Å². The van der Waals surface area contributed by atoms with Crippen molar-refractivity contribution in [2.24, 2.45) is 17.3 Å². The smallest absolute Gasteiger partial charge is 0.222 e. The van der Waals surface area contributed by atoms with Crippen molar-refractivity contribution < 1.29 is 4.79 Å². The van der Waals surface area contributed by atoms with Crippen LogP contribution in [0.25, 0.3) is 0 Å². The third-order valence-electron chi connectivity index (χ3n) is 3.90. The SMILES string of the molecule is CC(C)CCC(=O)N1CC2(CC(C)C2)C1. The molecule has 2 nitrogen and oxygen atoms in total. The van der Waals surface area contributed by atoms with Gasteiger partial charge in [0.05, 0.1) is 0 Å². The van der Waals surface area contributed by atoms with Gasteiger partial charge in [-0.15, -0.1) is 0 Å². The highest BCUT2D eigenvalue weighted by Crippen LogP contribution is 2.51. The summed E-state index contributed by atoms with van der Waals surface area (Å²) in [4.78, 5) is 13.8. The number of carbonyl (C=O) groups excluding carboxylic acids is 1. The Morgan fingerprint density at radius 1 is 1.40 bits per heavy atom. The molecule has 1 saturated carbocycles. The lowest BCUT2D eigenvalue weighted by Gasteiger charge is -2.58. The number of carbonyl (C=O) groups is 1. The van der Waals surface area contributed by atoms with Crippen molar-refractivity contribution >= 4 is 5.91 Å². The first-order chi connectivity index (χ1) is 7.01. The first-order valence-corrected chi connectivity index (χ1v) is 6.28. The van der Waals surface area contributed by atoms with E-state index in [2.05, 4.69) is 25.7 Å². The van der Waals surface area contributed by atoms with Crippen LogP contribution in [0.4, 0.5) is 0 Å². The standard InChI is InChI=1S/C13H23NO/c1-10(2)4-5-12(15)14-8-13(9-14)6-11(3)7-13/h10-11H,4-9H2,1-3H3. The summed E-state index contributed by atoms with van der Waals surface area (Å²) in [5, 5.41) is 0. The number of hydrogen-bond donors (Lipinski definition) is 0. The van der Waals surface area contributed by atoms with Gasteiger partial charge in [0, 0.05) is 24.9 Å².